The lowest BCUT2D eigenvalue weighted by atomic mass is 9.99. The summed E-state index contributed by atoms with van der Waals surface area (Å²) in [5.74, 6) is 0. The van der Waals surface area contributed by atoms with Gasteiger partial charge >= 0.3 is 0 Å². The first-order chi connectivity index (χ1) is 9.74. The first-order valence-electron chi connectivity index (χ1n) is 7.24. The molecule has 1 aliphatic heterocycles. The van der Waals surface area contributed by atoms with Crippen molar-refractivity contribution in [2.75, 3.05) is 11.9 Å². The molecule has 0 spiro atoms. The highest BCUT2D eigenvalue weighted by atomic mass is 32.1. The van der Waals surface area contributed by atoms with Gasteiger partial charge in [-0.3, -0.25) is 0 Å². The molecular weight excluding hydrogens is 266 g/mol. The fourth-order valence-corrected chi connectivity index (χ4v) is 3.45. The molecule has 0 aliphatic carbocycles. The number of nitrogens with one attached hydrogen (secondary N) is 2. The van der Waals surface area contributed by atoms with Gasteiger partial charge in [0.1, 0.15) is 5.01 Å². The zero-order valence-corrected chi connectivity index (χ0v) is 12.9. The molecule has 0 saturated carbocycles. The van der Waals surface area contributed by atoms with E-state index in [9.17, 15) is 0 Å². The highest BCUT2D eigenvalue weighted by Crippen LogP contribution is 2.27. The SMILES string of the molecule is Cc1cnc(C(C)NCc2cccc3c2NCCC3)s1. The molecule has 0 bridgehead atoms. The zero-order chi connectivity index (χ0) is 13.9. The molecule has 2 heterocycles. The van der Waals surface area contributed by atoms with Gasteiger partial charge in [-0.15, -0.1) is 11.3 Å². The second kappa shape index (κ2) is 5.94. The number of benzene rings is 1. The summed E-state index contributed by atoms with van der Waals surface area (Å²) in [6.07, 6.45) is 4.38. The van der Waals surface area contributed by atoms with Gasteiger partial charge in [0.25, 0.3) is 0 Å². The lowest BCUT2D eigenvalue weighted by Crippen LogP contribution is -2.20. The summed E-state index contributed by atoms with van der Waals surface area (Å²) < 4.78 is 0. The first-order valence-corrected chi connectivity index (χ1v) is 8.06. The van der Waals surface area contributed by atoms with Gasteiger partial charge in [0, 0.05) is 29.9 Å². The minimum Gasteiger partial charge on any atom is -0.385 e. The number of para-hydroxylation sites is 1. The Hall–Kier alpha value is -1.39. The molecule has 20 heavy (non-hydrogen) atoms. The van der Waals surface area contributed by atoms with Crippen LogP contribution in [0.4, 0.5) is 5.69 Å². The third-order valence-electron chi connectivity index (χ3n) is 3.77. The number of aromatic nitrogens is 1. The van der Waals surface area contributed by atoms with Crippen LogP contribution in [0.3, 0.4) is 0 Å². The van der Waals surface area contributed by atoms with E-state index in [0.717, 1.165) is 13.1 Å². The Labute approximate surface area is 124 Å². The monoisotopic (exact) mass is 287 g/mol. The number of thiazole rings is 1. The lowest BCUT2D eigenvalue weighted by Gasteiger charge is -2.22. The van der Waals surface area contributed by atoms with Crippen LogP contribution in [0.1, 0.15) is 40.4 Å². The van der Waals surface area contributed by atoms with E-state index < -0.39 is 0 Å². The number of fused-ring (bicyclic) bond motifs is 1. The van der Waals surface area contributed by atoms with Crippen molar-refractivity contribution in [3.63, 3.8) is 0 Å². The van der Waals surface area contributed by atoms with Crippen LogP contribution in [-0.4, -0.2) is 11.5 Å². The maximum Gasteiger partial charge on any atom is 0.109 e. The van der Waals surface area contributed by atoms with Gasteiger partial charge in [0.05, 0.1) is 6.04 Å². The van der Waals surface area contributed by atoms with E-state index >= 15 is 0 Å². The molecule has 1 atom stereocenters. The topological polar surface area (TPSA) is 37.0 Å². The molecule has 2 aromatic rings. The molecule has 4 heteroatoms. The Morgan fingerprint density at radius 1 is 1.45 bits per heavy atom. The molecule has 0 amide bonds. The van der Waals surface area contributed by atoms with E-state index in [1.807, 2.05) is 6.20 Å². The summed E-state index contributed by atoms with van der Waals surface area (Å²) >= 11 is 1.77. The minimum absolute atomic E-state index is 0.299. The quantitative estimate of drug-likeness (QED) is 0.901. The summed E-state index contributed by atoms with van der Waals surface area (Å²) in [7, 11) is 0. The van der Waals surface area contributed by atoms with Gasteiger partial charge in [-0.25, -0.2) is 4.98 Å². The fourth-order valence-electron chi connectivity index (χ4n) is 2.65. The molecule has 1 aliphatic rings. The van der Waals surface area contributed by atoms with Crippen LogP contribution in [0.15, 0.2) is 24.4 Å². The summed E-state index contributed by atoms with van der Waals surface area (Å²) in [4.78, 5) is 5.73. The van der Waals surface area contributed by atoms with Gasteiger partial charge in [0.15, 0.2) is 0 Å². The Balaban J connectivity index is 1.69. The van der Waals surface area contributed by atoms with E-state index in [4.69, 9.17) is 0 Å². The number of nitrogens with zero attached hydrogens (tertiary/aromatic N) is 1. The maximum atomic E-state index is 4.46. The van der Waals surface area contributed by atoms with Crippen molar-refractivity contribution < 1.29 is 0 Å². The predicted octanol–water partition coefficient (Wildman–Crippen LogP) is 3.66. The Kier molecular flexibility index (Phi) is 4.03. The minimum atomic E-state index is 0.299. The van der Waals surface area contributed by atoms with Crippen molar-refractivity contribution in [1.29, 1.82) is 0 Å². The largest absolute Gasteiger partial charge is 0.385 e. The van der Waals surface area contributed by atoms with Gasteiger partial charge in [-0.05, 0) is 37.8 Å². The standard InChI is InChI=1S/C16H21N3S/c1-11-9-19-16(20-11)12(2)18-10-14-6-3-5-13-7-4-8-17-15(13)14/h3,5-6,9,12,17-18H,4,7-8,10H2,1-2H3. The first kappa shape index (κ1) is 13.6. The van der Waals surface area contributed by atoms with Crippen LogP contribution >= 0.6 is 11.3 Å². The molecule has 3 nitrogen and oxygen atoms in total. The van der Waals surface area contributed by atoms with Crippen LogP contribution in [-0.2, 0) is 13.0 Å². The molecule has 3 rings (SSSR count). The van der Waals surface area contributed by atoms with Crippen LogP contribution in [0.2, 0.25) is 0 Å². The fraction of sp³-hybridized carbons (Fsp3) is 0.438. The third-order valence-corrected chi connectivity index (χ3v) is 4.87. The Morgan fingerprint density at radius 2 is 2.35 bits per heavy atom. The Morgan fingerprint density at radius 3 is 3.15 bits per heavy atom. The average Bonchev–Trinajstić information content (AvgIpc) is 2.91. The van der Waals surface area contributed by atoms with Gasteiger partial charge in [0.2, 0.25) is 0 Å². The predicted molar refractivity (Wildman–Crippen MR) is 85.4 cm³/mol. The third kappa shape index (κ3) is 2.86. The summed E-state index contributed by atoms with van der Waals surface area (Å²) in [5, 5.41) is 8.30. The molecular formula is C16H21N3S. The average molecular weight is 287 g/mol. The molecule has 0 fully saturated rings. The second-order valence-electron chi connectivity index (χ2n) is 5.39. The summed E-state index contributed by atoms with van der Waals surface area (Å²) in [6.45, 7) is 6.26. The Bertz CT molecular complexity index is 591. The molecule has 0 saturated heterocycles. The normalized spacial score (nSPS) is 15.5. The van der Waals surface area contributed by atoms with E-state index in [1.165, 1.54) is 39.5 Å². The smallest absolute Gasteiger partial charge is 0.109 e. The van der Waals surface area contributed by atoms with Crippen molar-refractivity contribution in [2.45, 2.75) is 39.3 Å². The molecule has 2 N–H and O–H groups in total. The number of rotatable bonds is 4. The van der Waals surface area contributed by atoms with Crippen molar-refractivity contribution in [3.8, 4) is 0 Å². The highest BCUT2D eigenvalue weighted by Gasteiger charge is 2.14. The number of hydrogen-bond donors (Lipinski definition) is 2. The number of aryl methyl sites for hydroxylation is 2. The van der Waals surface area contributed by atoms with Crippen molar-refractivity contribution in [3.05, 3.63) is 45.4 Å². The van der Waals surface area contributed by atoms with Crippen LogP contribution in [0.25, 0.3) is 0 Å². The van der Waals surface area contributed by atoms with E-state index in [1.54, 1.807) is 11.3 Å². The molecule has 1 aromatic heterocycles. The van der Waals surface area contributed by atoms with Crippen molar-refractivity contribution in [2.24, 2.45) is 0 Å². The molecule has 1 aromatic carbocycles. The number of hydrogen-bond acceptors (Lipinski definition) is 4. The van der Waals surface area contributed by atoms with Gasteiger partial charge in [-0.1, -0.05) is 18.2 Å². The van der Waals surface area contributed by atoms with E-state index in [0.29, 0.717) is 6.04 Å². The number of anilines is 1. The van der Waals surface area contributed by atoms with Crippen molar-refractivity contribution >= 4 is 17.0 Å². The molecule has 1 unspecified atom stereocenters. The summed E-state index contributed by atoms with van der Waals surface area (Å²) in [5.41, 5.74) is 4.16. The second-order valence-corrected chi connectivity index (χ2v) is 6.66. The van der Waals surface area contributed by atoms with Gasteiger partial charge < -0.3 is 10.6 Å². The molecule has 106 valence electrons. The maximum absolute atomic E-state index is 4.46. The van der Waals surface area contributed by atoms with Crippen LogP contribution < -0.4 is 10.6 Å². The van der Waals surface area contributed by atoms with E-state index in [-0.39, 0.29) is 0 Å². The molecule has 0 radical (unpaired) electrons. The zero-order valence-electron chi connectivity index (χ0n) is 12.1. The highest BCUT2D eigenvalue weighted by molar-refractivity contribution is 7.11. The van der Waals surface area contributed by atoms with Gasteiger partial charge in [-0.2, -0.15) is 0 Å². The lowest BCUT2D eigenvalue weighted by molar-refractivity contribution is 0.571. The van der Waals surface area contributed by atoms with E-state index in [2.05, 4.69) is 47.7 Å². The van der Waals surface area contributed by atoms with Crippen LogP contribution in [0, 0.1) is 6.92 Å². The van der Waals surface area contributed by atoms with Crippen LogP contribution in [0.5, 0.6) is 0 Å². The summed E-state index contributed by atoms with van der Waals surface area (Å²) in [6, 6.07) is 6.91. The van der Waals surface area contributed by atoms with Crippen molar-refractivity contribution in [1.82, 2.24) is 10.3 Å².